The molecular weight excluding hydrogens is 380 g/mol. The van der Waals surface area contributed by atoms with Crippen LogP contribution < -0.4 is 5.73 Å². The minimum atomic E-state index is -0.251. The van der Waals surface area contributed by atoms with Crippen molar-refractivity contribution in [2.24, 2.45) is 11.1 Å². The largest absolute Gasteiger partial charge is 0.384 e. The summed E-state index contributed by atoms with van der Waals surface area (Å²) in [6.07, 6.45) is 3.28. The van der Waals surface area contributed by atoms with Crippen LogP contribution in [0.4, 0.5) is 0 Å². The number of rotatable bonds is 2. The Morgan fingerprint density at radius 1 is 1.28 bits per heavy atom. The van der Waals surface area contributed by atoms with Crippen molar-refractivity contribution in [3.05, 3.63) is 70.5 Å². The predicted octanol–water partition coefficient (Wildman–Crippen LogP) is 3.93. The summed E-state index contributed by atoms with van der Waals surface area (Å²) in [6, 6.07) is 12.1. The average Bonchev–Trinajstić information content (AvgIpc) is 2.67. The number of hydrogen-bond acceptors (Lipinski definition) is 5. The van der Waals surface area contributed by atoms with Crippen LogP contribution in [0.5, 0.6) is 0 Å². The highest BCUT2D eigenvalue weighted by Gasteiger charge is 2.45. The van der Waals surface area contributed by atoms with Crippen LogP contribution in [-0.2, 0) is 4.79 Å². The Morgan fingerprint density at radius 2 is 1.97 bits per heavy atom. The van der Waals surface area contributed by atoms with Gasteiger partial charge in [-0.05, 0) is 30.4 Å². The third kappa shape index (κ3) is 2.97. The second kappa shape index (κ2) is 6.85. The molecule has 0 fully saturated rings. The molecule has 0 saturated carbocycles. The molecule has 29 heavy (non-hydrogen) atoms. The Balaban J connectivity index is 1.93. The van der Waals surface area contributed by atoms with Crippen molar-refractivity contribution in [3.63, 3.8) is 0 Å². The minimum absolute atomic E-state index is 0.0511. The van der Waals surface area contributed by atoms with E-state index in [4.69, 9.17) is 18.0 Å². The number of allylic oxidation sites excluding steroid dienone is 3. The van der Waals surface area contributed by atoms with Gasteiger partial charge in [-0.25, -0.2) is 0 Å². The van der Waals surface area contributed by atoms with E-state index in [9.17, 15) is 10.1 Å². The van der Waals surface area contributed by atoms with E-state index in [1.165, 1.54) is 0 Å². The topological polar surface area (TPSA) is 73.4 Å². The molecule has 2 aliphatic heterocycles. The van der Waals surface area contributed by atoms with Crippen LogP contribution in [0.25, 0.3) is 0 Å². The van der Waals surface area contributed by atoms with E-state index in [0.29, 0.717) is 34.9 Å². The summed E-state index contributed by atoms with van der Waals surface area (Å²) in [6.45, 7) is 6.97. The van der Waals surface area contributed by atoms with E-state index in [1.807, 2.05) is 30.3 Å². The van der Waals surface area contributed by atoms with E-state index in [-0.39, 0.29) is 17.1 Å². The first-order valence-electron chi connectivity index (χ1n) is 9.84. The van der Waals surface area contributed by atoms with E-state index in [2.05, 4.69) is 37.8 Å². The Morgan fingerprint density at radius 3 is 2.59 bits per heavy atom. The molecule has 0 spiro atoms. The summed E-state index contributed by atoms with van der Waals surface area (Å²) >= 11 is 5.74. The second-order valence-electron chi connectivity index (χ2n) is 8.47. The SMILES string of the molecule is CCN1C2=CC(c3ccccc3)C(C#N)=C(N)N2C(=S)C2=C1CC(C)(C)CC2=O. The molecule has 1 aliphatic carbocycles. The van der Waals surface area contributed by atoms with Crippen molar-refractivity contribution in [2.75, 3.05) is 6.54 Å². The second-order valence-corrected chi connectivity index (χ2v) is 8.86. The van der Waals surface area contributed by atoms with Crippen molar-refractivity contribution in [3.8, 4) is 6.07 Å². The fourth-order valence-electron chi connectivity index (χ4n) is 4.55. The van der Waals surface area contributed by atoms with E-state index in [1.54, 1.807) is 4.90 Å². The third-order valence-corrected chi connectivity index (χ3v) is 6.23. The molecule has 1 aromatic carbocycles. The van der Waals surface area contributed by atoms with Crippen LogP contribution in [0, 0.1) is 16.7 Å². The maximum absolute atomic E-state index is 13.0. The number of fused-ring (bicyclic) bond motifs is 1. The monoisotopic (exact) mass is 404 g/mol. The lowest BCUT2D eigenvalue weighted by Crippen LogP contribution is -2.51. The molecule has 2 heterocycles. The molecule has 5 nitrogen and oxygen atoms in total. The van der Waals surface area contributed by atoms with Gasteiger partial charge in [-0.1, -0.05) is 56.4 Å². The predicted molar refractivity (Wildman–Crippen MR) is 116 cm³/mol. The van der Waals surface area contributed by atoms with E-state index >= 15 is 0 Å². The first-order valence-corrected chi connectivity index (χ1v) is 10.2. The van der Waals surface area contributed by atoms with Gasteiger partial charge in [0.25, 0.3) is 0 Å². The normalized spacial score (nSPS) is 23.5. The van der Waals surface area contributed by atoms with E-state index in [0.717, 1.165) is 23.5 Å². The highest BCUT2D eigenvalue weighted by Crippen LogP contribution is 2.46. The molecule has 0 aromatic heterocycles. The van der Waals surface area contributed by atoms with Gasteiger partial charge in [0, 0.05) is 24.6 Å². The van der Waals surface area contributed by atoms with Gasteiger partial charge in [0.2, 0.25) is 0 Å². The fourth-order valence-corrected chi connectivity index (χ4v) is 4.97. The van der Waals surface area contributed by atoms with Crippen LogP contribution >= 0.6 is 12.2 Å². The third-order valence-electron chi connectivity index (χ3n) is 5.84. The zero-order valence-electron chi connectivity index (χ0n) is 16.9. The smallest absolute Gasteiger partial charge is 0.168 e. The summed E-state index contributed by atoms with van der Waals surface area (Å²) in [5, 5.41) is 9.87. The van der Waals surface area contributed by atoms with Crippen molar-refractivity contribution in [1.82, 2.24) is 9.80 Å². The van der Waals surface area contributed by atoms with Crippen molar-refractivity contribution < 1.29 is 4.79 Å². The zero-order chi connectivity index (χ0) is 20.9. The Hall–Kier alpha value is -2.91. The molecule has 6 heteroatoms. The Bertz CT molecular complexity index is 1040. The van der Waals surface area contributed by atoms with Crippen LogP contribution in [0.2, 0.25) is 0 Å². The average molecular weight is 405 g/mol. The summed E-state index contributed by atoms with van der Waals surface area (Å²) in [7, 11) is 0. The summed E-state index contributed by atoms with van der Waals surface area (Å²) in [4.78, 5) is 17.3. The van der Waals surface area contributed by atoms with Crippen LogP contribution in [0.3, 0.4) is 0 Å². The molecule has 0 amide bonds. The van der Waals surface area contributed by atoms with Gasteiger partial charge in [0.15, 0.2) is 5.78 Å². The quantitative estimate of drug-likeness (QED) is 0.753. The highest BCUT2D eigenvalue weighted by molar-refractivity contribution is 7.80. The van der Waals surface area contributed by atoms with Gasteiger partial charge in [-0.15, -0.1) is 0 Å². The number of ketones is 1. The lowest BCUT2D eigenvalue weighted by atomic mass is 9.74. The number of hydrogen-bond donors (Lipinski definition) is 1. The van der Waals surface area contributed by atoms with Gasteiger partial charge in [-0.2, -0.15) is 5.26 Å². The molecule has 0 bridgehead atoms. The summed E-state index contributed by atoms with van der Waals surface area (Å²) < 4.78 is 0. The first kappa shape index (κ1) is 19.4. The van der Waals surface area contributed by atoms with Gasteiger partial charge in [0.1, 0.15) is 16.6 Å². The van der Waals surface area contributed by atoms with Gasteiger partial charge in [0.05, 0.1) is 17.2 Å². The molecule has 0 radical (unpaired) electrons. The number of nitriles is 1. The number of Topliss-reactive ketones (excluding diaryl/α,β-unsaturated/α-hetero) is 1. The molecule has 0 saturated heterocycles. The molecule has 4 rings (SSSR count). The summed E-state index contributed by atoms with van der Waals surface area (Å²) in [5.74, 6) is 0.951. The number of benzene rings is 1. The van der Waals surface area contributed by atoms with Crippen LogP contribution in [-0.4, -0.2) is 27.1 Å². The lowest BCUT2D eigenvalue weighted by Gasteiger charge is -2.48. The molecular formula is C23H24N4OS. The molecule has 3 aliphatic rings. The number of nitrogens with two attached hydrogens (primary N) is 1. The molecule has 148 valence electrons. The lowest BCUT2D eigenvalue weighted by molar-refractivity contribution is -0.117. The van der Waals surface area contributed by atoms with Crippen molar-refractivity contribution in [1.29, 1.82) is 5.26 Å². The highest BCUT2D eigenvalue weighted by atomic mass is 32.1. The maximum Gasteiger partial charge on any atom is 0.168 e. The van der Waals surface area contributed by atoms with Gasteiger partial charge >= 0.3 is 0 Å². The van der Waals surface area contributed by atoms with Crippen molar-refractivity contribution in [2.45, 2.75) is 39.5 Å². The molecule has 1 unspecified atom stereocenters. The van der Waals surface area contributed by atoms with Gasteiger partial charge < -0.3 is 10.6 Å². The van der Waals surface area contributed by atoms with Crippen molar-refractivity contribution >= 4 is 23.0 Å². The number of thiocarbonyl (C=S) groups is 1. The molecule has 2 N–H and O–H groups in total. The maximum atomic E-state index is 13.0. The number of nitrogens with zero attached hydrogens (tertiary/aromatic N) is 3. The first-order chi connectivity index (χ1) is 13.8. The zero-order valence-corrected chi connectivity index (χ0v) is 17.7. The number of carbonyl (C=O) groups excluding carboxylic acids is 1. The molecule has 1 aromatic rings. The minimum Gasteiger partial charge on any atom is -0.384 e. The fraction of sp³-hybridized carbons (Fsp3) is 0.348. The van der Waals surface area contributed by atoms with Crippen LogP contribution in [0.1, 0.15) is 45.1 Å². The Kier molecular flexibility index (Phi) is 4.59. The summed E-state index contributed by atoms with van der Waals surface area (Å²) in [5.41, 5.74) is 9.38. The van der Waals surface area contributed by atoms with E-state index < -0.39 is 0 Å². The van der Waals surface area contributed by atoms with Crippen LogP contribution in [0.15, 0.2) is 64.9 Å². The number of carbonyl (C=O) groups is 1. The standard InChI is InChI=1S/C23H24N4OS/c1-4-26-17-11-23(2,3)12-18(28)20(17)22(29)27-19(26)10-15(16(13-24)21(27)25)14-8-6-5-7-9-14/h5-10,15H,4,11-12,25H2,1-3H3. The van der Waals surface area contributed by atoms with Gasteiger partial charge in [-0.3, -0.25) is 9.69 Å². The Labute approximate surface area is 176 Å². The molecule has 1 atom stereocenters.